The lowest BCUT2D eigenvalue weighted by Crippen LogP contribution is -2.41. The summed E-state index contributed by atoms with van der Waals surface area (Å²) < 4.78 is 6.28. The summed E-state index contributed by atoms with van der Waals surface area (Å²) in [5, 5.41) is 0. The van der Waals surface area contributed by atoms with Crippen LogP contribution >= 0.6 is 0 Å². The van der Waals surface area contributed by atoms with Gasteiger partial charge in [-0.05, 0) is 17.9 Å². The fourth-order valence-corrected chi connectivity index (χ4v) is 4.06. The van der Waals surface area contributed by atoms with E-state index in [9.17, 15) is 14.4 Å². The molecule has 0 bridgehead atoms. The summed E-state index contributed by atoms with van der Waals surface area (Å²) >= 11 is 0. The van der Waals surface area contributed by atoms with Crippen LogP contribution in [0.3, 0.4) is 0 Å². The molecule has 1 aliphatic carbocycles. The summed E-state index contributed by atoms with van der Waals surface area (Å²) in [6.45, 7) is 0.643. The summed E-state index contributed by atoms with van der Waals surface area (Å²) in [6, 6.07) is 9.43. The van der Waals surface area contributed by atoms with Gasteiger partial charge in [0.1, 0.15) is 5.82 Å². The summed E-state index contributed by atoms with van der Waals surface area (Å²) in [5.41, 5.74) is 5.85. The Morgan fingerprint density at radius 2 is 1.93 bits per heavy atom. The molecule has 3 N–H and O–H groups in total. The summed E-state index contributed by atoms with van der Waals surface area (Å²) in [4.78, 5) is 41.9. The van der Waals surface area contributed by atoms with Crippen LogP contribution in [0, 0.1) is 5.92 Å². The molecule has 3 rings (SSSR count). The standard InChI is InChI=1S/C22H30N4O4/c1-30-14-13-25-20(23)19(21(28)24-22(25)29)26(15-17-9-3-2-4-10-17)18(27)12-11-16-7-5-6-8-16/h2-4,9-10,16H,5-8,11-15,23H2,1H3,(H,24,28,29). The highest BCUT2D eigenvalue weighted by molar-refractivity contribution is 5.95. The Kier molecular flexibility index (Phi) is 7.46. The van der Waals surface area contributed by atoms with E-state index in [0.29, 0.717) is 12.3 Å². The average Bonchev–Trinajstić information content (AvgIpc) is 3.25. The van der Waals surface area contributed by atoms with Crippen molar-refractivity contribution in [1.82, 2.24) is 9.55 Å². The smallest absolute Gasteiger partial charge is 0.330 e. The number of carbonyl (C=O) groups is 1. The van der Waals surface area contributed by atoms with E-state index in [-0.39, 0.29) is 37.1 Å². The van der Waals surface area contributed by atoms with Crippen LogP contribution in [0.2, 0.25) is 0 Å². The first kappa shape index (κ1) is 21.8. The summed E-state index contributed by atoms with van der Waals surface area (Å²) in [5.74, 6) is 0.365. The topological polar surface area (TPSA) is 110 Å². The predicted molar refractivity (Wildman–Crippen MR) is 116 cm³/mol. The zero-order valence-electron chi connectivity index (χ0n) is 17.4. The van der Waals surface area contributed by atoms with Gasteiger partial charge in [0, 0.05) is 13.5 Å². The second-order valence-electron chi connectivity index (χ2n) is 7.79. The van der Waals surface area contributed by atoms with Crippen LogP contribution in [-0.4, -0.2) is 29.2 Å². The Balaban J connectivity index is 1.95. The highest BCUT2D eigenvalue weighted by atomic mass is 16.5. The maximum Gasteiger partial charge on any atom is 0.330 e. The van der Waals surface area contributed by atoms with Crippen molar-refractivity contribution in [3.63, 3.8) is 0 Å². The number of anilines is 2. The fourth-order valence-electron chi connectivity index (χ4n) is 4.06. The maximum atomic E-state index is 13.2. The molecule has 30 heavy (non-hydrogen) atoms. The zero-order chi connectivity index (χ0) is 21.5. The number of aromatic amines is 1. The maximum absolute atomic E-state index is 13.2. The molecule has 1 aliphatic rings. The molecule has 1 heterocycles. The molecule has 0 atom stereocenters. The van der Waals surface area contributed by atoms with Gasteiger partial charge in [0.2, 0.25) is 5.91 Å². The number of methoxy groups -OCH3 is 1. The molecule has 0 unspecified atom stereocenters. The van der Waals surface area contributed by atoms with Gasteiger partial charge in [0.15, 0.2) is 5.69 Å². The van der Waals surface area contributed by atoms with Gasteiger partial charge in [-0.2, -0.15) is 0 Å². The third-order valence-electron chi connectivity index (χ3n) is 5.73. The number of amides is 1. The fraction of sp³-hybridized carbons (Fsp3) is 0.500. The van der Waals surface area contributed by atoms with Crippen LogP contribution in [0.15, 0.2) is 39.9 Å². The van der Waals surface area contributed by atoms with E-state index in [4.69, 9.17) is 10.5 Å². The van der Waals surface area contributed by atoms with Gasteiger partial charge in [-0.15, -0.1) is 0 Å². The minimum Gasteiger partial charge on any atom is -0.383 e. The SMILES string of the molecule is COCCn1c(N)c(N(Cc2ccccc2)C(=O)CCC2CCCC2)c(=O)[nH]c1=O. The lowest BCUT2D eigenvalue weighted by atomic mass is 10.0. The van der Waals surface area contributed by atoms with Gasteiger partial charge in [-0.3, -0.25) is 19.1 Å². The van der Waals surface area contributed by atoms with Crippen molar-refractivity contribution in [2.75, 3.05) is 24.4 Å². The van der Waals surface area contributed by atoms with Gasteiger partial charge in [-0.1, -0.05) is 56.0 Å². The monoisotopic (exact) mass is 414 g/mol. The Labute approximate surface area is 175 Å². The normalized spacial score (nSPS) is 14.2. The number of nitrogens with one attached hydrogen (secondary N) is 1. The van der Waals surface area contributed by atoms with Gasteiger partial charge < -0.3 is 15.4 Å². The molecule has 1 fully saturated rings. The van der Waals surface area contributed by atoms with E-state index in [2.05, 4.69) is 4.98 Å². The Morgan fingerprint density at radius 1 is 1.23 bits per heavy atom. The third-order valence-corrected chi connectivity index (χ3v) is 5.73. The molecular formula is C22H30N4O4. The largest absolute Gasteiger partial charge is 0.383 e. The molecular weight excluding hydrogens is 384 g/mol. The van der Waals surface area contributed by atoms with Crippen LogP contribution in [0.4, 0.5) is 11.5 Å². The van der Waals surface area contributed by atoms with Crippen LogP contribution in [-0.2, 0) is 22.6 Å². The number of aromatic nitrogens is 2. The number of rotatable bonds is 9. The van der Waals surface area contributed by atoms with Crippen LogP contribution in [0.1, 0.15) is 44.1 Å². The number of hydrogen-bond donors (Lipinski definition) is 2. The lowest BCUT2D eigenvalue weighted by Gasteiger charge is -2.25. The van der Waals surface area contributed by atoms with Gasteiger partial charge in [-0.25, -0.2) is 4.79 Å². The number of hydrogen-bond acceptors (Lipinski definition) is 5. The quantitative estimate of drug-likeness (QED) is 0.654. The van der Waals surface area contributed by atoms with E-state index in [1.807, 2.05) is 30.3 Å². The van der Waals surface area contributed by atoms with Gasteiger partial charge in [0.25, 0.3) is 5.56 Å². The molecule has 8 heteroatoms. The minimum absolute atomic E-state index is 0.0194. The molecule has 1 aromatic carbocycles. The highest BCUT2D eigenvalue weighted by Gasteiger charge is 2.25. The van der Waals surface area contributed by atoms with E-state index in [0.717, 1.165) is 24.8 Å². The number of nitrogens with two attached hydrogens (primary N) is 1. The predicted octanol–water partition coefficient (Wildman–Crippen LogP) is 2.27. The highest BCUT2D eigenvalue weighted by Crippen LogP contribution is 2.29. The van der Waals surface area contributed by atoms with Crippen molar-refractivity contribution < 1.29 is 9.53 Å². The minimum atomic E-state index is -0.656. The number of nitrogens with zero attached hydrogens (tertiary/aromatic N) is 2. The molecule has 2 aromatic rings. The Bertz CT molecular complexity index is 961. The van der Waals surface area contributed by atoms with Crippen molar-refractivity contribution in [1.29, 1.82) is 0 Å². The molecule has 1 amide bonds. The lowest BCUT2D eigenvalue weighted by molar-refractivity contribution is -0.119. The number of carbonyl (C=O) groups excluding carboxylic acids is 1. The molecule has 0 radical (unpaired) electrons. The van der Waals surface area contributed by atoms with Crippen LogP contribution in [0.5, 0.6) is 0 Å². The van der Waals surface area contributed by atoms with Crippen molar-refractivity contribution >= 4 is 17.4 Å². The van der Waals surface area contributed by atoms with Crippen molar-refractivity contribution in [2.24, 2.45) is 5.92 Å². The molecule has 1 saturated carbocycles. The Hall–Kier alpha value is -2.87. The first-order chi connectivity index (χ1) is 14.5. The number of benzene rings is 1. The first-order valence-corrected chi connectivity index (χ1v) is 10.5. The number of nitrogen functional groups attached to an aromatic ring is 1. The molecule has 162 valence electrons. The molecule has 0 saturated heterocycles. The first-order valence-electron chi connectivity index (χ1n) is 10.5. The summed E-state index contributed by atoms with van der Waals surface area (Å²) in [6.07, 6.45) is 5.86. The third kappa shape index (κ3) is 5.18. The van der Waals surface area contributed by atoms with E-state index in [1.54, 1.807) is 0 Å². The van der Waals surface area contributed by atoms with Gasteiger partial charge >= 0.3 is 5.69 Å². The molecule has 1 aromatic heterocycles. The van der Waals surface area contributed by atoms with Gasteiger partial charge in [0.05, 0.1) is 19.7 Å². The van der Waals surface area contributed by atoms with E-state index >= 15 is 0 Å². The molecule has 0 aliphatic heterocycles. The average molecular weight is 415 g/mol. The van der Waals surface area contributed by atoms with Crippen molar-refractivity contribution in [2.45, 2.75) is 51.6 Å². The van der Waals surface area contributed by atoms with E-state index in [1.165, 1.54) is 29.4 Å². The van der Waals surface area contributed by atoms with Crippen LogP contribution < -0.4 is 21.9 Å². The second kappa shape index (κ2) is 10.2. The van der Waals surface area contributed by atoms with E-state index < -0.39 is 11.2 Å². The molecule has 8 nitrogen and oxygen atoms in total. The second-order valence-corrected chi connectivity index (χ2v) is 7.79. The van der Waals surface area contributed by atoms with Crippen molar-refractivity contribution in [3.8, 4) is 0 Å². The summed E-state index contributed by atoms with van der Waals surface area (Å²) in [7, 11) is 1.52. The Morgan fingerprint density at radius 3 is 2.60 bits per heavy atom. The zero-order valence-corrected chi connectivity index (χ0v) is 17.4. The van der Waals surface area contributed by atoms with Crippen molar-refractivity contribution in [3.05, 3.63) is 56.7 Å². The molecule has 0 spiro atoms. The number of H-pyrrole nitrogens is 1. The number of ether oxygens (including phenoxy) is 1. The van der Waals surface area contributed by atoms with Crippen LogP contribution in [0.25, 0.3) is 0 Å².